The summed E-state index contributed by atoms with van der Waals surface area (Å²) in [7, 11) is 0. The number of carbonyl (C=O) groups is 1. The number of nitrogens with zero attached hydrogens (tertiary/aromatic N) is 2. The van der Waals surface area contributed by atoms with E-state index in [4.69, 9.17) is 4.74 Å². The average molecular weight is 331 g/mol. The number of fused-ring (bicyclic) bond motifs is 1. The Bertz CT molecular complexity index is 533. The second-order valence-electron chi connectivity index (χ2n) is 6.24. The van der Waals surface area contributed by atoms with Gasteiger partial charge < -0.3 is 10.1 Å². The van der Waals surface area contributed by atoms with Crippen molar-refractivity contribution in [2.75, 3.05) is 0 Å². The number of rotatable bonds is 1. The molecule has 0 bridgehead atoms. The maximum absolute atomic E-state index is 11.9. The minimum Gasteiger partial charge on any atom is -0.444 e. The van der Waals surface area contributed by atoms with E-state index < -0.39 is 11.7 Å². The zero-order chi connectivity index (χ0) is 18.6. The van der Waals surface area contributed by atoms with E-state index in [1.807, 2.05) is 27.7 Å². The van der Waals surface area contributed by atoms with E-state index in [-0.39, 0.29) is 6.04 Å². The molecule has 5 nitrogen and oxygen atoms in total. The summed E-state index contributed by atoms with van der Waals surface area (Å²) in [5.74, 6) is 0. The molecule has 1 aliphatic carbocycles. The first-order valence-corrected chi connectivity index (χ1v) is 8.07. The minimum absolute atomic E-state index is 0.0963. The van der Waals surface area contributed by atoms with Crippen LogP contribution in [0.4, 0.5) is 4.79 Å². The third-order valence-corrected chi connectivity index (χ3v) is 2.98. The molecule has 1 atom stereocenters. The number of carbonyl (C=O) groups excluding carboxylic acids is 1. The first kappa shape index (κ1) is 21.6. The fourth-order valence-electron chi connectivity index (χ4n) is 2.23. The fourth-order valence-corrected chi connectivity index (χ4v) is 2.23. The van der Waals surface area contributed by atoms with E-state index in [2.05, 4.69) is 34.7 Å². The first-order valence-electron chi connectivity index (χ1n) is 8.07. The van der Waals surface area contributed by atoms with Crippen molar-refractivity contribution in [3.05, 3.63) is 36.4 Å². The lowest BCUT2D eigenvalue weighted by molar-refractivity contribution is 0.0499. The Morgan fingerprint density at radius 3 is 2.50 bits per heavy atom. The zero-order valence-corrected chi connectivity index (χ0v) is 15.2. The Hall–Kier alpha value is -2.35. The van der Waals surface area contributed by atoms with E-state index >= 15 is 0 Å². The molecular formula is C19H29N3O2. The van der Waals surface area contributed by atoms with Crippen LogP contribution in [-0.4, -0.2) is 21.7 Å². The van der Waals surface area contributed by atoms with Crippen LogP contribution < -0.4 is 5.32 Å². The number of hydrogen-bond donors (Lipinski definition) is 1. The highest BCUT2D eigenvalue weighted by atomic mass is 16.6. The molecule has 1 heterocycles. The summed E-state index contributed by atoms with van der Waals surface area (Å²) >= 11 is 0. The molecule has 1 aliphatic rings. The van der Waals surface area contributed by atoms with Crippen LogP contribution in [0.15, 0.2) is 25.0 Å². The topological polar surface area (TPSA) is 64.1 Å². The van der Waals surface area contributed by atoms with Crippen LogP contribution in [-0.2, 0) is 11.2 Å². The molecule has 1 aromatic heterocycles. The van der Waals surface area contributed by atoms with Gasteiger partial charge in [0.1, 0.15) is 5.60 Å². The zero-order valence-electron chi connectivity index (χ0n) is 15.2. The fraction of sp³-hybridized carbons (Fsp3) is 0.526. The lowest BCUT2D eigenvalue weighted by Gasteiger charge is -2.23. The molecule has 0 saturated heterocycles. The van der Waals surface area contributed by atoms with Crippen molar-refractivity contribution in [3.8, 4) is 12.8 Å². The van der Waals surface area contributed by atoms with E-state index in [1.54, 1.807) is 18.5 Å². The van der Waals surface area contributed by atoms with Crippen LogP contribution in [0, 0.1) is 12.8 Å². The number of hydrogen-bond acceptors (Lipinski definition) is 4. The third kappa shape index (κ3) is 8.33. The van der Waals surface area contributed by atoms with Crippen LogP contribution in [0.1, 0.15) is 64.4 Å². The van der Waals surface area contributed by atoms with Crippen LogP contribution in [0.5, 0.6) is 0 Å². The SMILES string of the molecule is C#C.C=CC.CC(C)(C)OC(=O)N[C@H]1CCCCc2nccnc21. The number of alkyl carbamates (subject to hydrolysis) is 1. The van der Waals surface area contributed by atoms with E-state index in [0.29, 0.717) is 0 Å². The Morgan fingerprint density at radius 1 is 1.33 bits per heavy atom. The molecule has 0 aromatic carbocycles. The Balaban J connectivity index is 0.000000952. The highest BCUT2D eigenvalue weighted by Gasteiger charge is 2.24. The van der Waals surface area contributed by atoms with Gasteiger partial charge in [-0.05, 0) is 47.0 Å². The molecule has 0 radical (unpaired) electrons. The number of nitrogens with one attached hydrogen (secondary N) is 1. The molecule has 0 saturated carbocycles. The van der Waals surface area contributed by atoms with Crippen LogP contribution in [0.3, 0.4) is 0 Å². The lowest BCUT2D eigenvalue weighted by atomic mass is 10.1. The summed E-state index contributed by atoms with van der Waals surface area (Å²) in [6.07, 6.45) is 16.7. The number of amides is 1. The second kappa shape index (κ2) is 11.2. The van der Waals surface area contributed by atoms with E-state index in [1.165, 1.54) is 0 Å². The van der Waals surface area contributed by atoms with Gasteiger partial charge in [0, 0.05) is 12.4 Å². The summed E-state index contributed by atoms with van der Waals surface area (Å²) in [6, 6.07) is -0.0963. The summed E-state index contributed by atoms with van der Waals surface area (Å²) < 4.78 is 5.30. The molecule has 0 unspecified atom stereocenters. The smallest absolute Gasteiger partial charge is 0.408 e. The molecule has 1 amide bonds. The maximum atomic E-state index is 11.9. The normalized spacial score (nSPS) is 15.8. The third-order valence-electron chi connectivity index (χ3n) is 2.98. The van der Waals surface area contributed by atoms with Crippen LogP contribution in [0.25, 0.3) is 0 Å². The molecule has 132 valence electrons. The Morgan fingerprint density at radius 2 is 1.92 bits per heavy atom. The van der Waals surface area contributed by atoms with Crippen molar-refractivity contribution in [1.82, 2.24) is 15.3 Å². The van der Waals surface area contributed by atoms with Crippen LogP contribution in [0.2, 0.25) is 0 Å². The molecule has 1 N–H and O–H groups in total. The summed E-state index contributed by atoms with van der Waals surface area (Å²) in [6.45, 7) is 10.8. The summed E-state index contributed by atoms with van der Waals surface area (Å²) in [5, 5.41) is 2.91. The monoisotopic (exact) mass is 331 g/mol. The van der Waals surface area contributed by atoms with Crippen molar-refractivity contribution in [2.45, 2.75) is 65.0 Å². The van der Waals surface area contributed by atoms with Gasteiger partial charge in [-0.25, -0.2) is 4.79 Å². The summed E-state index contributed by atoms with van der Waals surface area (Å²) in [5.41, 5.74) is 1.38. The van der Waals surface area contributed by atoms with Gasteiger partial charge in [0.25, 0.3) is 0 Å². The lowest BCUT2D eigenvalue weighted by Crippen LogP contribution is -2.35. The predicted molar refractivity (Wildman–Crippen MR) is 97.5 cm³/mol. The van der Waals surface area contributed by atoms with Crippen LogP contribution >= 0.6 is 0 Å². The number of aromatic nitrogens is 2. The highest BCUT2D eigenvalue weighted by molar-refractivity contribution is 5.68. The number of ether oxygens (including phenoxy) is 1. The second-order valence-corrected chi connectivity index (χ2v) is 6.24. The number of terminal acetylenes is 1. The largest absolute Gasteiger partial charge is 0.444 e. The van der Waals surface area contributed by atoms with Gasteiger partial charge >= 0.3 is 6.09 Å². The quantitative estimate of drug-likeness (QED) is 0.475. The molecule has 0 fully saturated rings. The van der Waals surface area contributed by atoms with Crippen molar-refractivity contribution >= 4 is 6.09 Å². The minimum atomic E-state index is -0.486. The first-order chi connectivity index (χ1) is 11.4. The van der Waals surface area contributed by atoms with Gasteiger partial charge in [0.15, 0.2) is 0 Å². The highest BCUT2D eigenvalue weighted by Crippen LogP contribution is 2.25. The van der Waals surface area contributed by atoms with E-state index in [0.717, 1.165) is 37.1 Å². The van der Waals surface area contributed by atoms with Gasteiger partial charge in [-0.1, -0.05) is 12.5 Å². The molecule has 2 rings (SSSR count). The standard InChI is InChI=1S/C14H21N3O2.C3H6.C2H2/c1-14(2,3)19-13(18)17-11-7-5-4-6-10-12(11)16-9-8-15-10;1-3-2;1-2/h8-9,11H,4-7H2,1-3H3,(H,17,18);3H,1H2,2H3;1-2H/t11-;;/m0../s1. The molecule has 24 heavy (non-hydrogen) atoms. The van der Waals surface area contributed by atoms with Gasteiger partial charge in [-0.2, -0.15) is 0 Å². The Labute approximate surface area is 145 Å². The number of allylic oxidation sites excluding steroid dienone is 1. The molecular weight excluding hydrogens is 302 g/mol. The van der Waals surface area contributed by atoms with Gasteiger partial charge in [-0.15, -0.1) is 19.4 Å². The van der Waals surface area contributed by atoms with Crippen molar-refractivity contribution in [1.29, 1.82) is 0 Å². The van der Waals surface area contributed by atoms with Gasteiger partial charge in [-0.3, -0.25) is 9.97 Å². The van der Waals surface area contributed by atoms with Gasteiger partial charge in [0.05, 0.1) is 17.4 Å². The molecule has 0 spiro atoms. The molecule has 0 aliphatic heterocycles. The Kier molecular flexibility index (Phi) is 10.1. The number of aryl methyl sites for hydroxylation is 1. The molecule has 5 heteroatoms. The predicted octanol–water partition coefficient (Wildman–Crippen LogP) is 4.21. The van der Waals surface area contributed by atoms with Gasteiger partial charge in [0.2, 0.25) is 0 Å². The summed E-state index contributed by atoms with van der Waals surface area (Å²) in [4.78, 5) is 20.6. The molecule has 1 aromatic rings. The van der Waals surface area contributed by atoms with Crippen molar-refractivity contribution in [3.63, 3.8) is 0 Å². The van der Waals surface area contributed by atoms with Crippen molar-refractivity contribution < 1.29 is 9.53 Å². The van der Waals surface area contributed by atoms with Crippen molar-refractivity contribution in [2.24, 2.45) is 0 Å². The van der Waals surface area contributed by atoms with E-state index in [9.17, 15) is 4.79 Å². The average Bonchev–Trinajstić information content (AvgIpc) is 2.71. The maximum Gasteiger partial charge on any atom is 0.408 e.